The van der Waals surface area contributed by atoms with Crippen LogP contribution in [0.1, 0.15) is 24.5 Å². The Morgan fingerprint density at radius 1 is 1.46 bits per heavy atom. The van der Waals surface area contributed by atoms with Gasteiger partial charge in [-0.2, -0.15) is 0 Å². The first-order valence-corrected chi connectivity index (χ1v) is 7.68. The van der Waals surface area contributed by atoms with Gasteiger partial charge in [-0.3, -0.25) is 4.79 Å². The van der Waals surface area contributed by atoms with Crippen molar-refractivity contribution in [2.75, 3.05) is 6.54 Å². The van der Waals surface area contributed by atoms with Crippen LogP contribution in [0.5, 0.6) is 0 Å². The third kappa shape index (κ3) is 3.37. The maximum atomic E-state index is 11.5. The number of amides is 1. The van der Waals surface area contributed by atoms with Crippen LogP contribution in [0.15, 0.2) is 30.0 Å². The molecule has 1 aromatic rings. The molecule has 0 bridgehead atoms. The molecule has 0 aromatic heterocycles. The van der Waals surface area contributed by atoms with Crippen molar-refractivity contribution in [2.24, 2.45) is 5.92 Å². The zero-order valence-corrected chi connectivity index (χ0v) is 15.9. The topological polar surface area (TPSA) is 92.7 Å². The standard InChI is InChI=1S/C17H20N2O4.Na/c1-10(21)14-8-19-15(14)6-13(16(19)17(22)23)12-4-2-11(3-5-12)7-18-9-20;/h2-5,9-10,14-15,21H,6-8H2,1H3,(H,18,20)(H,22,23);/q;+1/p-1. The molecule has 2 N–H and O–H groups in total. The molecule has 1 amide bonds. The zero-order valence-electron chi connectivity index (χ0n) is 13.9. The Balaban J connectivity index is 0.00000208. The molecule has 1 aromatic carbocycles. The molecular weight excluding hydrogens is 319 g/mol. The molecule has 2 aliphatic heterocycles. The second-order valence-electron chi connectivity index (χ2n) is 6.14. The van der Waals surface area contributed by atoms with E-state index in [1.807, 2.05) is 29.2 Å². The minimum absolute atomic E-state index is 0. The van der Waals surface area contributed by atoms with Gasteiger partial charge in [-0.15, -0.1) is 0 Å². The quantitative estimate of drug-likeness (QED) is 0.414. The summed E-state index contributed by atoms with van der Waals surface area (Å²) < 4.78 is 0. The summed E-state index contributed by atoms with van der Waals surface area (Å²) in [4.78, 5) is 23.7. The molecule has 1 saturated heterocycles. The van der Waals surface area contributed by atoms with Crippen molar-refractivity contribution in [3.63, 3.8) is 0 Å². The zero-order chi connectivity index (χ0) is 16.6. The van der Waals surface area contributed by atoms with Crippen LogP contribution >= 0.6 is 0 Å². The second kappa shape index (κ2) is 7.70. The molecule has 2 aliphatic rings. The fourth-order valence-electron chi connectivity index (χ4n) is 3.53. The van der Waals surface area contributed by atoms with Gasteiger partial charge in [0.1, 0.15) is 0 Å². The first-order chi connectivity index (χ1) is 11.0. The van der Waals surface area contributed by atoms with E-state index in [-0.39, 0.29) is 47.2 Å². The molecule has 6 nitrogen and oxygen atoms in total. The van der Waals surface area contributed by atoms with E-state index in [9.17, 15) is 19.8 Å². The summed E-state index contributed by atoms with van der Waals surface area (Å²) in [5, 5.41) is 23.9. The number of hydrogen-bond acceptors (Lipinski definition) is 5. The fourth-order valence-corrected chi connectivity index (χ4v) is 3.53. The van der Waals surface area contributed by atoms with Crippen molar-refractivity contribution in [1.29, 1.82) is 0 Å². The summed E-state index contributed by atoms with van der Waals surface area (Å²) in [6.45, 7) is 2.74. The number of hydrogen-bond donors (Lipinski definition) is 2. The number of carboxylic acid groups (broad SMARTS) is 1. The second-order valence-corrected chi connectivity index (χ2v) is 6.14. The molecular formula is C17H19N2NaO4. The molecule has 122 valence electrons. The van der Waals surface area contributed by atoms with Gasteiger partial charge in [0.05, 0.1) is 17.8 Å². The fraction of sp³-hybridized carbons (Fsp3) is 0.412. The molecule has 1 fully saturated rings. The summed E-state index contributed by atoms with van der Waals surface area (Å²) in [6.07, 6.45) is 0.795. The van der Waals surface area contributed by atoms with Crippen molar-refractivity contribution in [1.82, 2.24) is 10.2 Å². The third-order valence-electron chi connectivity index (χ3n) is 4.79. The smallest absolute Gasteiger partial charge is 0.543 e. The number of nitrogens with one attached hydrogen (secondary N) is 1. The summed E-state index contributed by atoms with van der Waals surface area (Å²) >= 11 is 0. The minimum atomic E-state index is -1.17. The number of rotatable bonds is 6. The summed E-state index contributed by atoms with van der Waals surface area (Å²) in [5.41, 5.74) is 2.79. The van der Waals surface area contributed by atoms with E-state index in [0.717, 1.165) is 16.7 Å². The molecule has 3 rings (SSSR count). The van der Waals surface area contributed by atoms with Crippen molar-refractivity contribution in [3.05, 3.63) is 41.1 Å². The van der Waals surface area contributed by atoms with Crippen LogP contribution in [0.2, 0.25) is 0 Å². The van der Waals surface area contributed by atoms with Gasteiger partial charge >= 0.3 is 29.6 Å². The van der Waals surface area contributed by atoms with E-state index in [2.05, 4.69) is 5.32 Å². The Hall–Kier alpha value is -1.34. The van der Waals surface area contributed by atoms with E-state index in [0.29, 0.717) is 25.9 Å². The number of carbonyl (C=O) groups is 2. The number of aliphatic hydroxyl groups is 1. The van der Waals surface area contributed by atoms with Crippen molar-refractivity contribution >= 4 is 18.0 Å². The van der Waals surface area contributed by atoms with Gasteiger partial charge in [0.25, 0.3) is 0 Å². The van der Waals surface area contributed by atoms with Crippen LogP contribution in [0.4, 0.5) is 0 Å². The number of aliphatic hydroxyl groups excluding tert-OH is 1. The first-order valence-electron chi connectivity index (χ1n) is 7.68. The van der Waals surface area contributed by atoms with Crippen molar-refractivity contribution in [3.8, 4) is 0 Å². The molecule has 3 atom stereocenters. The number of aliphatic carboxylic acids is 1. The van der Waals surface area contributed by atoms with E-state index < -0.39 is 12.1 Å². The largest absolute Gasteiger partial charge is 1.00 e. The Morgan fingerprint density at radius 3 is 2.67 bits per heavy atom. The van der Waals surface area contributed by atoms with Gasteiger partial charge in [0.15, 0.2) is 0 Å². The van der Waals surface area contributed by atoms with Crippen LogP contribution < -0.4 is 40.0 Å². The number of nitrogens with zero attached hydrogens (tertiary/aromatic N) is 1. The van der Waals surface area contributed by atoms with Crippen LogP contribution in [-0.2, 0) is 16.1 Å². The Bertz CT molecular complexity index is 657. The van der Waals surface area contributed by atoms with Gasteiger partial charge in [0, 0.05) is 25.0 Å². The van der Waals surface area contributed by atoms with E-state index in [1.54, 1.807) is 6.92 Å². The molecule has 3 unspecified atom stereocenters. The number of benzene rings is 1. The van der Waals surface area contributed by atoms with Gasteiger partial charge in [-0.1, -0.05) is 24.3 Å². The number of carboxylic acids is 1. The van der Waals surface area contributed by atoms with Gasteiger partial charge < -0.3 is 25.2 Å². The summed E-state index contributed by atoms with van der Waals surface area (Å²) in [7, 11) is 0. The number of fused-ring (bicyclic) bond motifs is 1. The van der Waals surface area contributed by atoms with E-state index in [1.165, 1.54) is 0 Å². The SMILES string of the molecule is CC(O)C1CN2C(C(=O)[O-])=C(c3ccc(CNC=O)cc3)CC12.[Na+]. The maximum Gasteiger partial charge on any atom is 1.00 e. The van der Waals surface area contributed by atoms with Gasteiger partial charge in [-0.25, -0.2) is 0 Å². The van der Waals surface area contributed by atoms with Crippen LogP contribution in [0.25, 0.3) is 5.57 Å². The average Bonchev–Trinajstić information content (AvgIpc) is 2.78. The first kappa shape index (κ1) is 19.0. The van der Waals surface area contributed by atoms with E-state index in [4.69, 9.17) is 0 Å². The molecule has 0 saturated carbocycles. The summed E-state index contributed by atoms with van der Waals surface area (Å²) in [5.74, 6) is -1.07. The van der Waals surface area contributed by atoms with Crippen LogP contribution in [0.3, 0.4) is 0 Å². The Morgan fingerprint density at radius 2 is 2.12 bits per heavy atom. The monoisotopic (exact) mass is 338 g/mol. The summed E-state index contributed by atoms with van der Waals surface area (Å²) in [6, 6.07) is 7.50. The normalized spacial score (nSPS) is 23.0. The van der Waals surface area contributed by atoms with Crippen molar-refractivity contribution < 1.29 is 49.4 Å². The molecule has 7 heteroatoms. The molecule has 0 aliphatic carbocycles. The van der Waals surface area contributed by atoms with E-state index >= 15 is 0 Å². The molecule has 0 spiro atoms. The predicted octanol–water partition coefficient (Wildman–Crippen LogP) is -3.52. The Labute approximate surface area is 162 Å². The predicted molar refractivity (Wildman–Crippen MR) is 81.6 cm³/mol. The minimum Gasteiger partial charge on any atom is -0.543 e. The van der Waals surface area contributed by atoms with Gasteiger partial charge in [0.2, 0.25) is 6.41 Å². The molecule has 0 radical (unpaired) electrons. The number of carbonyl (C=O) groups excluding carboxylic acids is 2. The Kier molecular flexibility index (Phi) is 6.09. The van der Waals surface area contributed by atoms with Crippen LogP contribution in [-0.4, -0.2) is 41.1 Å². The average molecular weight is 338 g/mol. The molecule has 2 heterocycles. The van der Waals surface area contributed by atoms with Gasteiger partial charge in [-0.05, 0) is 30.0 Å². The van der Waals surface area contributed by atoms with Crippen molar-refractivity contribution in [2.45, 2.75) is 32.0 Å². The van der Waals surface area contributed by atoms with Crippen LogP contribution in [0, 0.1) is 5.92 Å². The maximum absolute atomic E-state index is 11.5. The molecule has 24 heavy (non-hydrogen) atoms. The third-order valence-corrected chi connectivity index (χ3v) is 4.79.